The lowest BCUT2D eigenvalue weighted by Gasteiger charge is -2.33. The first-order valence-corrected chi connectivity index (χ1v) is 10.4. The van der Waals surface area contributed by atoms with Crippen LogP contribution in [0.3, 0.4) is 0 Å². The number of rotatable bonds is 7. The molecule has 1 aromatic carbocycles. The Hall–Kier alpha value is -2.77. The van der Waals surface area contributed by atoms with Crippen LogP contribution in [0.25, 0.3) is 0 Å². The summed E-state index contributed by atoms with van der Waals surface area (Å²) in [4.78, 5) is 28.5. The van der Waals surface area contributed by atoms with Crippen molar-refractivity contribution in [1.82, 2.24) is 20.2 Å². The molecule has 0 spiro atoms. The monoisotopic (exact) mass is 399 g/mol. The molecule has 8 heteroatoms. The molecular weight excluding hydrogens is 370 g/mol. The standard InChI is InChI=1S/C21H29N5O3/c1-4-25(16-12-8-6-9-13-16)19(27)21(3,20(28)29-5-2)18-22-23-24-26(18)17-14-10-7-11-15-17/h6,8-9,12-13,17H,4-5,7,10-11,14-15H2,1-3H3. The maximum Gasteiger partial charge on any atom is 0.329 e. The maximum absolute atomic E-state index is 13.8. The van der Waals surface area contributed by atoms with Gasteiger partial charge in [0.1, 0.15) is 0 Å². The summed E-state index contributed by atoms with van der Waals surface area (Å²) < 4.78 is 7.00. The third kappa shape index (κ3) is 4.02. The molecule has 3 rings (SSSR count). The van der Waals surface area contributed by atoms with Crippen molar-refractivity contribution in [2.45, 2.75) is 64.3 Å². The summed E-state index contributed by atoms with van der Waals surface area (Å²) in [6.45, 7) is 5.75. The van der Waals surface area contributed by atoms with E-state index in [1.54, 1.807) is 23.4 Å². The number of benzene rings is 1. The van der Waals surface area contributed by atoms with Crippen LogP contribution in [0.5, 0.6) is 0 Å². The first-order valence-electron chi connectivity index (χ1n) is 10.4. The molecule has 1 heterocycles. The number of hydrogen-bond donors (Lipinski definition) is 0. The fraction of sp³-hybridized carbons (Fsp3) is 0.571. The second-order valence-corrected chi connectivity index (χ2v) is 7.47. The van der Waals surface area contributed by atoms with Gasteiger partial charge in [-0.3, -0.25) is 9.59 Å². The highest BCUT2D eigenvalue weighted by Crippen LogP contribution is 2.34. The van der Waals surface area contributed by atoms with Crippen LogP contribution >= 0.6 is 0 Å². The average molecular weight is 399 g/mol. The van der Waals surface area contributed by atoms with Crippen LogP contribution in [0.2, 0.25) is 0 Å². The van der Waals surface area contributed by atoms with Crippen molar-refractivity contribution in [3.05, 3.63) is 36.2 Å². The molecule has 1 aromatic heterocycles. The molecule has 0 aliphatic heterocycles. The quantitative estimate of drug-likeness (QED) is 0.525. The molecule has 1 amide bonds. The Kier molecular flexibility index (Phi) is 6.61. The number of para-hydroxylation sites is 1. The summed E-state index contributed by atoms with van der Waals surface area (Å²) in [5.41, 5.74) is -0.921. The van der Waals surface area contributed by atoms with E-state index >= 15 is 0 Å². The van der Waals surface area contributed by atoms with E-state index in [0.717, 1.165) is 25.7 Å². The number of nitrogens with zero attached hydrogens (tertiary/aromatic N) is 5. The molecular formula is C21H29N5O3. The van der Waals surface area contributed by atoms with Crippen molar-refractivity contribution in [2.75, 3.05) is 18.1 Å². The van der Waals surface area contributed by atoms with Gasteiger partial charge in [-0.15, -0.1) is 5.10 Å². The highest BCUT2D eigenvalue weighted by atomic mass is 16.5. The molecule has 1 unspecified atom stereocenters. The summed E-state index contributed by atoms with van der Waals surface area (Å²) in [6, 6.07) is 9.38. The third-order valence-electron chi connectivity index (χ3n) is 5.60. The minimum absolute atomic E-state index is 0.0853. The van der Waals surface area contributed by atoms with Gasteiger partial charge in [-0.25, -0.2) is 4.68 Å². The number of carbonyl (C=O) groups is 2. The van der Waals surface area contributed by atoms with E-state index in [4.69, 9.17) is 4.74 Å². The van der Waals surface area contributed by atoms with Gasteiger partial charge in [-0.1, -0.05) is 37.5 Å². The fourth-order valence-electron chi connectivity index (χ4n) is 3.97. The Morgan fingerprint density at radius 1 is 1.17 bits per heavy atom. The number of carbonyl (C=O) groups excluding carboxylic acids is 2. The van der Waals surface area contributed by atoms with Crippen molar-refractivity contribution < 1.29 is 14.3 Å². The van der Waals surface area contributed by atoms with Crippen molar-refractivity contribution in [3.8, 4) is 0 Å². The lowest BCUT2D eigenvalue weighted by molar-refractivity contribution is -0.153. The molecule has 0 bridgehead atoms. The van der Waals surface area contributed by atoms with Gasteiger partial charge in [0.25, 0.3) is 5.91 Å². The molecule has 156 valence electrons. The number of tetrazole rings is 1. The van der Waals surface area contributed by atoms with Gasteiger partial charge < -0.3 is 9.64 Å². The maximum atomic E-state index is 13.8. The normalized spacial score (nSPS) is 16.8. The Morgan fingerprint density at radius 3 is 2.48 bits per heavy atom. The molecule has 0 radical (unpaired) electrons. The Bertz CT molecular complexity index is 832. The highest BCUT2D eigenvalue weighted by molar-refractivity contribution is 6.14. The van der Waals surface area contributed by atoms with Crippen molar-refractivity contribution >= 4 is 17.6 Å². The van der Waals surface area contributed by atoms with E-state index in [1.165, 1.54) is 6.42 Å². The topological polar surface area (TPSA) is 90.2 Å². The molecule has 1 atom stereocenters. The van der Waals surface area contributed by atoms with Crippen LogP contribution < -0.4 is 4.90 Å². The van der Waals surface area contributed by atoms with Crippen LogP contribution in [0.4, 0.5) is 5.69 Å². The molecule has 1 saturated carbocycles. The first kappa shape index (κ1) is 21.0. The van der Waals surface area contributed by atoms with Gasteiger partial charge in [-0.2, -0.15) is 0 Å². The number of amides is 1. The summed E-state index contributed by atoms with van der Waals surface area (Å²) in [5, 5.41) is 12.1. The van der Waals surface area contributed by atoms with Crippen LogP contribution in [0, 0.1) is 0 Å². The second kappa shape index (κ2) is 9.15. The lowest BCUT2D eigenvalue weighted by atomic mass is 9.86. The Morgan fingerprint density at radius 2 is 1.86 bits per heavy atom. The van der Waals surface area contributed by atoms with Crippen LogP contribution in [0.1, 0.15) is 64.7 Å². The van der Waals surface area contributed by atoms with E-state index in [0.29, 0.717) is 12.2 Å². The second-order valence-electron chi connectivity index (χ2n) is 7.47. The molecule has 1 aliphatic carbocycles. The highest BCUT2D eigenvalue weighted by Gasteiger charge is 2.51. The van der Waals surface area contributed by atoms with Crippen LogP contribution in [-0.2, 0) is 19.7 Å². The fourth-order valence-corrected chi connectivity index (χ4v) is 3.97. The smallest absolute Gasteiger partial charge is 0.329 e. The number of hydrogen-bond acceptors (Lipinski definition) is 6. The van der Waals surface area contributed by atoms with E-state index < -0.39 is 17.3 Å². The number of aromatic nitrogens is 4. The van der Waals surface area contributed by atoms with Crippen LogP contribution in [-0.4, -0.2) is 45.2 Å². The van der Waals surface area contributed by atoms with E-state index in [-0.39, 0.29) is 18.5 Å². The van der Waals surface area contributed by atoms with Crippen molar-refractivity contribution in [2.24, 2.45) is 0 Å². The van der Waals surface area contributed by atoms with Gasteiger partial charge in [0, 0.05) is 12.2 Å². The number of esters is 1. The molecule has 1 fully saturated rings. The summed E-state index contributed by atoms with van der Waals surface area (Å²) >= 11 is 0. The van der Waals surface area contributed by atoms with E-state index in [1.807, 2.05) is 37.3 Å². The minimum Gasteiger partial charge on any atom is -0.465 e. The van der Waals surface area contributed by atoms with Gasteiger partial charge in [0.2, 0.25) is 5.41 Å². The Balaban J connectivity index is 2.06. The number of likely N-dealkylation sites (N-methyl/N-ethyl adjacent to an activating group) is 1. The lowest BCUT2D eigenvalue weighted by Crippen LogP contribution is -2.52. The van der Waals surface area contributed by atoms with E-state index in [2.05, 4.69) is 15.5 Å². The van der Waals surface area contributed by atoms with Gasteiger partial charge in [-0.05, 0) is 56.2 Å². The first-order chi connectivity index (χ1) is 14.0. The van der Waals surface area contributed by atoms with E-state index in [9.17, 15) is 9.59 Å². The zero-order chi connectivity index (χ0) is 20.9. The summed E-state index contributed by atoms with van der Waals surface area (Å²) in [7, 11) is 0. The molecule has 2 aromatic rings. The predicted octanol–water partition coefficient (Wildman–Crippen LogP) is 3.05. The van der Waals surface area contributed by atoms with Gasteiger partial charge >= 0.3 is 5.97 Å². The van der Waals surface area contributed by atoms with Gasteiger partial charge in [0.15, 0.2) is 5.82 Å². The third-order valence-corrected chi connectivity index (χ3v) is 5.60. The van der Waals surface area contributed by atoms with Crippen molar-refractivity contribution in [3.63, 3.8) is 0 Å². The molecule has 1 aliphatic rings. The number of anilines is 1. The molecule has 8 nitrogen and oxygen atoms in total. The van der Waals surface area contributed by atoms with Crippen LogP contribution in [0.15, 0.2) is 30.3 Å². The Labute approximate surface area is 171 Å². The van der Waals surface area contributed by atoms with Gasteiger partial charge in [0.05, 0.1) is 12.6 Å². The largest absolute Gasteiger partial charge is 0.465 e. The minimum atomic E-state index is -1.64. The van der Waals surface area contributed by atoms with Crippen molar-refractivity contribution in [1.29, 1.82) is 0 Å². The average Bonchev–Trinajstić information content (AvgIpc) is 3.25. The molecule has 0 saturated heterocycles. The SMILES string of the molecule is CCOC(=O)C(C)(C(=O)N(CC)c1ccccc1)c1nnnn1C1CCCCC1. The zero-order valence-electron chi connectivity index (χ0n) is 17.4. The zero-order valence-corrected chi connectivity index (χ0v) is 17.4. The summed E-state index contributed by atoms with van der Waals surface area (Å²) in [6.07, 6.45) is 5.21. The molecule has 0 N–H and O–H groups in total. The number of ether oxygens (including phenoxy) is 1. The summed E-state index contributed by atoms with van der Waals surface area (Å²) in [5.74, 6) is -0.773. The molecule has 29 heavy (non-hydrogen) atoms. The predicted molar refractivity (Wildman–Crippen MR) is 108 cm³/mol.